The maximum absolute atomic E-state index is 12.8. The summed E-state index contributed by atoms with van der Waals surface area (Å²) in [5.41, 5.74) is 5.75. The van der Waals surface area contributed by atoms with Crippen LogP contribution in [0.4, 0.5) is 0 Å². The van der Waals surface area contributed by atoms with Gasteiger partial charge in [-0.3, -0.25) is 20.0 Å². The first-order valence-electron chi connectivity index (χ1n) is 9.28. The minimum absolute atomic E-state index is 0.209. The summed E-state index contributed by atoms with van der Waals surface area (Å²) in [4.78, 5) is 29.9. The Hall–Kier alpha value is -3.78. The van der Waals surface area contributed by atoms with E-state index in [0.717, 1.165) is 21.5 Å². The predicted octanol–water partition coefficient (Wildman–Crippen LogP) is 2.74. The van der Waals surface area contributed by atoms with E-state index in [9.17, 15) is 9.59 Å². The van der Waals surface area contributed by atoms with Crippen molar-refractivity contribution in [1.29, 1.82) is 0 Å². The molecule has 2 heterocycles. The zero-order valence-corrected chi connectivity index (χ0v) is 17.0. The Labute approximate surface area is 176 Å². The van der Waals surface area contributed by atoms with Gasteiger partial charge >= 0.3 is 0 Å². The van der Waals surface area contributed by atoms with Crippen molar-refractivity contribution in [2.24, 2.45) is 4.99 Å². The van der Waals surface area contributed by atoms with Crippen LogP contribution in [0.15, 0.2) is 88.0 Å². The lowest BCUT2D eigenvalue weighted by Crippen LogP contribution is -2.36. The van der Waals surface area contributed by atoms with Gasteiger partial charge in [-0.15, -0.1) is 11.3 Å². The summed E-state index contributed by atoms with van der Waals surface area (Å²) in [6.45, 7) is -0.209. The molecule has 2 aromatic carbocycles. The molecule has 0 saturated carbocycles. The number of hydrogen-bond acceptors (Lipinski definition) is 5. The molecule has 7 nitrogen and oxygen atoms in total. The standard InChI is InChI=1S/C22H19N5O2S/c1-23-22-27(19(15-30-22)17-10-6-3-7-11-17)25-20(28)14-26-21(29)13-12-18(24-26)16-8-4-2-5-9-16/h2-13,15H,14H2,1H3,(H,25,28). The van der Waals surface area contributed by atoms with Crippen molar-refractivity contribution < 1.29 is 4.79 Å². The molecule has 30 heavy (non-hydrogen) atoms. The van der Waals surface area contributed by atoms with Gasteiger partial charge in [-0.2, -0.15) is 5.10 Å². The summed E-state index contributed by atoms with van der Waals surface area (Å²) in [6, 6.07) is 22.3. The molecule has 8 heteroatoms. The number of amides is 1. The molecule has 0 radical (unpaired) electrons. The van der Waals surface area contributed by atoms with E-state index >= 15 is 0 Å². The number of nitrogens with zero attached hydrogens (tertiary/aromatic N) is 4. The lowest BCUT2D eigenvalue weighted by molar-refractivity contribution is -0.117. The molecule has 0 saturated heterocycles. The number of hydrogen-bond donors (Lipinski definition) is 1. The topological polar surface area (TPSA) is 81.3 Å². The number of rotatable bonds is 5. The molecule has 150 valence electrons. The van der Waals surface area contributed by atoms with Crippen LogP contribution >= 0.6 is 11.3 Å². The maximum Gasteiger partial charge on any atom is 0.267 e. The molecule has 2 aromatic heterocycles. The molecule has 0 spiro atoms. The molecular weight excluding hydrogens is 398 g/mol. The Morgan fingerprint density at radius 2 is 1.67 bits per heavy atom. The van der Waals surface area contributed by atoms with Gasteiger partial charge in [0.2, 0.25) is 4.80 Å². The molecule has 1 amide bonds. The van der Waals surface area contributed by atoms with Crippen LogP contribution in [0.3, 0.4) is 0 Å². The molecule has 0 aliphatic rings. The second-order valence-corrected chi connectivity index (χ2v) is 7.28. The van der Waals surface area contributed by atoms with Crippen molar-refractivity contribution in [1.82, 2.24) is 14.5 Å². The van der Waals surface area contributed by atoms with Gasteiger partial charge in [-0.1, -0.05) is 60.7 Å². The Kier molecular flexibility index (Phi) is 5.67. The van der Waals surface area contributed by atoms with Gasteiger partial charge in [0.1, 0.15) is 6.54 Å². The Morgan fingerprint density at radius 1 is 1.00 bits per heavy atom. The van der Waals surface area contributed by atoms with E-state index in [1.807, 2.05) is 66.0 Å². The summed E-state index contributed by atoms with van der Waals surface area (Å²) in [5, 5.41) is 6.28. The quantitative estimate of drug-likeness (QED) is 0.542. The van der Waals surface area contributed by atoms with Crippen LogP contribution in [-0.4, -0.2) is 27.4 Å². The van der Waals surface area contributed by atoms with Crippen LogP contribution in [0.25, 0.3) is 22.5 Å². The number of benzene rings is 2. The van der Waals surface area contributed by atoms with Crippen molar-refractivity contribution in [2.75, 3.05) is 12.5 Å². The van der Waals surface area contributed by atoms with E-state index in [4.69, 9.17) is 0 Å². The fraction of sp³-hybridized carbons (Fsp3) is 0.0909. The molecule has 0 unspecified atom stereocenters. The molecule has 1 N–H and O–H groups in total. The molecule has 4 aromatic rings. The largest absolute Gasteiger partial charge is 0.271 e. The monoisotopic (exact) mass is 417 g/mol. The number of carbonyl (C=O) groups excluding carboxylic acids is 1. The van der Waals surface area contributed by atoms with E-state index in [2.05, 4.69) is 15.5 Å². The normalized spacial score (nSPS) is 11.4. The second-order valence-electron chi connectivity index (χ2n) is 6.44. The van der Waals surface area contributed by atoms with Crippen LogP contribution in [0.2, 0.25) is 0 Å². The maximum atomic E-state index is 12.8. The van der Waals surface area contributed by atoms with E-state index in [1.54, 1.807) is 17.8 Å². The fourth-order valence-electron chi connectivity index (χ4n) is 3.00. The lowest BCUT2D eigenvalue weighted by atomic mass is 10.1. The molecule has 0 aliphatic carbocycles. The third-order valence-corrected chi connectivity index (χ3v) is 5.35. The summed E-state index contributed by atoms with van der Waals surface area (Å²) >= 11 is 1.42. The number of nitrogens with one attached hydrogen (secondary N) is 1. The van der Waals surface area contributed by atoms with E-state index < -0.39 is 0 Å². The fourth-order valence-corrected chi connectivity index (χ4v) is 3.82. The zero-order chi connectivity index (χ0) is 20.9. The third-order valence-electron chi connectivity index (χ3n) is 4.44. The summed E-state index contributed by atoms with van der Waals surface area (Å²) in [5.74, 6) is -0.375. The SMILES string of the molecule is CN=c1scc(-c2ccccc2)n1NC(=O)Cn1nc(-c2ccccc2)ccc1=O. The van der Waals surface area contributed by atoms with Crippen molar-refractivity contribution in [3.8, 4) is 22.5 Å². The number of aromatic nitrogens is 3. The van der Waals surface area contributed by atoms with Gasteiger partial charge in [0, 0.05) is 29.6 Å². The minimum Gasteiger partial charge on any atom is -0.271 e. The first kappa shape index (κ1) is 19.5. The van der Waals surface area contributed by atoms with E-state index in [1.165, 1.54) is 17.4 Å². The Bertz CT molecular complexity index is 1290. The molecule has 0 aliphatic heterocycles. The first-order chi connectivity index (χ1) is 14.7. The first-order valence-corrected chi connectivity index (χ1v) is 10.2. The van der Waals surface area contributed by atoms with E-state index in [0.29, 0.717) is 10.5 Å². The highest BCUT2D eigenvalue weighted by molar-refractivity contribution is 7.07. The second kappa shape index (κ2) is 8.71. The van der Waals surface area contributed by atoms with Gasteiger partial charge in [0.15, 0.2) is 0 Å². The highest BCUT2D eigenvalue weighted by Gasteiger charge is 2.13. The van der Waals surface area contributed by atoms with Crippen LogP contribution in [0.5, 0.6) is 0 Å². The summed E-state index contributed by atoms with van der Waals surface area (Å²) in [6.07, 6.45) is 0. The Balaban J connectivity index is 1.61. The van der Waals surface area contributed by atoms with Crippen LogP contribution in [0.1, 0.15) is 0 Å². The number of carbonyl (C=O) groups is 1. The van der Waals surface area contributed by atoms with Gasteiger partial charge in [-0.05, 0) is 6.07 Å². The number of thiazole rings is 1. The average molecular weight is 417 g/mol. The minimum atomic E-state index is -0.375. The van der Waals surface area contributed by atoms with Gasteiger partial charge < -0.3 is 0 Å². The molecule has 0 bridgehead atoms. The van der Waals surface area contributed by atoms with Crippen molar-refractivity contribution in [3.63, 3.8) is 0 Å². The third kappa shape index (κ3) is 4.13. The highest BCUT2D eigenvalue weighted by atomic mass is 32.1. The van der Waals surface area contributed by atoms with Gasteiger partial charge in [0.05, 0.1) is 11.4 Å². The highest BCUT2D eigenvalue weighted by Crippen LogP contribution is 2.18. The Morgan fingerprint density at radius 3 is 2.33 bits per heavy atom. The van der Waals surface area contributed by atoms with Crippen LogP contribution < -0.4 is 15.8 Å². The van der Waals surface area contributed by atoms with E-state index in [-0.39, 0.29) is 18.0 Å². The predicted molar refractivity (Wildman–Crippen MR) is 118 cm³/mol. The summed E-state index contributed by atoms with van der Waals surface area (Å²) in [7, 11) is 1.67. The van der Waals surface area contributed by atoms with Gasteiger partial charge in [0.25, 0.3) is 11.5 Å². The smallest absolute Gasteiger partial charge is 0.267 e. The summed E-state index contributed by atoms with van der Waals surface area (Å²) < 4.78 is 2.80. The van der Waals surface area contributed by atoms with Crippen molar-refractivity contribution in [3.05, 3.63) is 93.3 Å². The molecule has 0 atom stereocenters. The molecule has 4 rings (SSSR count). The van der Waals surface area contributed by atoms with Crippen LogP contribution in [-0.2, 0) is 11.3 Å². The average Bonchev–Trinajstić information content (AvgIpc) is 3.19. The zero-order valence-electron chi connectivity index (χ0n) is 16.2. The van der Waals surface area contributed by atoms with Crippen molar-refractivity contribution in [2.45, 2.75) is 6.54 Å². The van der Waals surface area contributed by atoms with Crippen LogP contribution in [0, 0.1) is 0 Å². The molecular formula is C22H19N5O2S. The molecule has 0 fully saturated rings. The lowest BCUT2D eigenvalue weighted by Gasteiger charge is -2.12. The van der Waals surface area contributed by atoms with Gasteiger partial charge in [-0.25, -0.2) is 9.36 Å². The van der Waals surface area contributed by atoms with Crippen molar-refractivity contribution >= 4 is 17.2 Å².